The summed E-state index contributed by atoms with van der Waals surface area (Å²) in [5, 5.41) is 11.8. The predicted molar refractivity (Wildman–Crippen MR) is 101 cm³/mol. The molecule has 0 atom stereocenters. The van der Waals surface area contributed by atoms with Crippen LogP contribution in [0.2, 0.25) is 0 Å². The number of amides is 1. The van der Waals surface area contributed by atoms with Gasteiger partial charge in [0, 0.05) is 31.6 Å². The van der Waals surface area contributed by atoms with Crippen LogP contribution in [-0.2, 0) is 21.4 Å². The van der Waals surface area contributed by atoms with Gasteiger partial charge in [0.2, 0.25) is 22.3 Å². The monoisotopic (exact) mass is 405 g/mol. The number of hydrogen-bond acceptors (Lipinski definition) is 6. The summed E-state index contributed by atoms with van der Waals surface area (Å²) in [7, 11) is -3.57. The van der Waals surface area contributed by atoms with Crippen molar-refractivity contribution in [1.82, 2.24) is 18.8 Å². The summed E-state index contributed by atoms with van der Waals surface area (Å²) in [5.41, 5.74) is 0.786. The quantitative estimate of drug-likeness (QED) is 0.521. The zero-order chi connectivity index (χ0) is 20.1. The van der Waals surface area contributed by atoms with Crippen LogP contribution in [0, 0.1) is 10.1 Å². The number of imidazole rings is 1. The van der Waals surface area contributed by atoms with Gasteiger partial charge in [0.25, 0.3) is 0 Å². The lowest BCUT2D eigenvalue weighted by atomic mass is 10.2. The Morgan fingerprint density at radius 1 is 1.18 bits per heavy atom. The number of nitrogens with zero attached hydrogens (tertiary/aromatic N) is 5. The van der Waals surface area contributed by atoms with Gasteiger partial charge in [-0.3, -0.25) is 4.79 Å². The number of sulfonamides is 1. The van der Waals surface area contributed by atoms with E-state index in [1.54, 1.807) is 11.0 Å². The van der Waals surface area contributed by atoms with Crippen LogP contribution >= 0.6 is 0 Å². The molecule has 1 aromatic carbocycles. The largest absolute Gasteiger partial charge is 0.381 e. The molecule has 0 N–H and O–H groups in total. The van der Waals surface area contributed by atoms with Crippen molar-refractivity contribution < 1.29 is 18.1 Å². The molecule has 1 aliphatic heterocycles. The maximum atomic E-state index is 12.5. The van der Waals surface area contributed by atoms with Crippen molar-refractivity contribution >= 4 is 27.8 Å². The van der Waals surface area contributed by atoms with E-state index in [4.69, 9.17) is 0 Å². The normalized spacial score (nSPS) is 15.8. The molecule has 3 rings (SSSR count). The smallest absolute Gasteiger partial charge is 0.358 e. The maximum absolute atomic E-state index is 12.5. The lowest BCUT2D eigenvalue weighted by molar-refractivity contribution is -0.389. The molecule has 2 aromatic rings. The van der Waals surface area contributed by atoms with Crippen LogP contribution in [0.4, 0.5) is 5.82 Å². The molecular weight excluding hydrogens is 386 g/mol. The number of nitro groups is 1. The van der Waals surface area contributed by atoms with E-state index in [-0.39, 0.29) is 44.4 Å². The predicted octanol–water partition coefficient (Wildman–Crippen LogP) is 0.936. The number of aromatic nitrogens is 2. The van der Waals surface area contributed by atoms with Crippen molar-refractivity contribution in [3.05, 3.63) is 63.9 Å². The van der Waals surface area contributed by atoms with Gasteiger partial charge in [0.15, 0.2) is 0 Å². The molecule has 11 heteroatoms. The summed E-state index contributed by atoms with van der Waals surface area (Å²) >= 11 is 0. The Bertz CT molecular complexity index is 978. The van der Waals surface area contributed by atoms with Crippen LogP contribution in [0.3, 0.4) is 0 Å². The van der Waals surface area contributed by atoms with Crippen molar-refractivity contribution in [2.45, 2.75) is 6.54 Å². The number of carbonyl (C=O) groups excluding carboxylic acids is 1. The van der Waals surface area contributed by atoms with Crippen molar-refractivity contribution in [1.29, 1.82) is 0 Å². The summed E-state index contributed by atoms with van der Waals surface area (Å²) in [4.78, 5) is 27.5. The van der Waals surface area contributed by atoms with Crippen molar-refractivity contribution in [2.24, 2.45) is 0 Å². The standard InChI is InChI=1S/C17H19N5O5S/c23-17(13-19-12-16(18-14-19)22(24)25)20-7-9-21(10-8-20)28(26,27)11-6-15-4-2-1-3-5-15/h1-6,11-12,14H,7-10,13H2/b11-6+. The second-order valence-corrected chi connectivity index (χ2v) is 8.02. The molecule has 1 saturated heterocycles. The number of piperazine rings is 1. The highest BCUT2D eigenvalue weighted by atomic mass is 32.2. The first kappa shape index (κ1) is 19.7. The minimum absolute atomic E-state index is 0.0818. The second kappa shape index (κ2) is 8.31. The number of carbonyl (C=O) groups is 1. The first-order chi connectivity index (χ1) is 13.3. The summed E-state index contributed by atoms with van der Waals surface area (Å²) < 4.78 is 27.6. The topological polar surface area (TPSA) is 119 Å². The first-order valence-electron chi connectivity index (χ1n) is 8.52. The number of benzene rings is 1. The Labute approximate surface area is 161 Å². The zero-order valence-corrected chi connectivity index (χ0v) is 15.7. The van der Waals surface area contributed by atoms with E-state index in [1.165, 1.54) is 26.8 Å². The summed E-state index contributed by atoms with van der Waals surface area (Å²) in [6.45, 7) is 0.818. The van der Waals surface area contributed by atoms with Crippen LogP contribution in [0.25, 0.3) is 6.08 Å². The minimum atomic E-state index is -3.57. The highest BCUT2D eigenvalue weighted by Gasteiger charge is 2.27. The van der Waals surface area contributed by atoms with Crippen LogP contribution in [0.5, 0.6) is 0 Å². The molecular formula is C17H19N5O5S. The lowest BCUT2D eigenvalue weighted by Crippen LogP contribution is -2.50. The molecule has 10 nitrogen and oxygen atoms in total. The van der Waals surface area contributed by atoms with Crippen LogP contribution in [0.1, 0.15) is 5.56 Å². The van der Waals surface area contributed by atoms with Crippen LogP contribution in [-0.4, -0.2) is 64.2 Å². The van der Waals surface area contributed by atoms with E-state index in [0.717, 1.165) is 5.56 Å². The molecule has 0 radical (unpaired) electrons. The van der Waals surface area contributed by atoms with E-state index in [0.29, 0.717) is 0 Å². The Morgan fingerprint density at radius 3 is 2.46 bits per heavy atom. The van der Waals surface area contributed by atoms with Gasteiger partial charge in [-0.15, -0.1) is 0 Å². The molecule has 0 aliphatic carbocycles. The highest BCUT2D eigenvalue weighted by Crippen LogP contribution is 2.13. The molecule has 1 fully saturated rings. The third-order valence-electron chi connectivity index (χ3n) is 4.31. The minimum Gasteiger partial charge on any atom is -0.358 e. The Morgan fingerprint density at radius 2 is 1.86 bits per heavy atom. The van der Waals surface area contributed by atoms with Gasteiger partial charge in [-0.1, -0.05) is 30.3 Å². The second-order valence-electron chi connectivity index (χ2n) is 6.20. The van der Waals surface area contributed by atoms with E-state index >= 15 is 0 Å². The van der Waals surface area contributed by atoms with Crippen LogP contribution in [0.15, 0.2) is 48.3 Å². The van der Waals surface area contributed by atoms with Crippen molar-refractivity contribution in [3.8, 4) is 0 Å². The van der Waals surface area contributed by atoms with E-state index < -0.39 is 14.9 Å². The maximum Gasteiger partial charge on any atom is 0.381 e. The molecule has 1 amide bonds. The molecule has 1 aromatic heterocycles. The fourth-order valence-electron chi connectivity index (χ4n) is 2.79. The molecule has 0 spiro atoms. The Kier molecular flexibility index (Phi) is 5.85. The molecule has 0 unspecified atom stereocenters. The van der Waals surface area contributed by atoms with Gasteiger partial charge < -0.3 is 19.6 Å². The fourth-order valence-corrected chi connectivity index (χ4v) is 3.97. The fraction of sp³-hybridized carbons (Fsp3) is 0.294. The molecule has 0 saturated carbocycles. The molecule has 28 heavy (non-hydrogen) atoms. The number of rotatable bonds is 6. The van der Waals surface area contributed by atoms with Gasteiger partial charge >= 0.3 is 5.82 Å². The molecule has 148 valence electrons. The molecule has 0 bridgehead atoms. The van der Waals surface area contributed by atoms with Gasteiger partial charge in [0.05, 0.1) is 0 Å². The van der Waals surface area contributed by atoms with Crippen LogP contribution < -0.4 is 0 Å². The van der Waals surface area contributed by atoms with Gasteiger partial charge in [-0.2, -0.15) is 4.31 Å². The summed E-state index contributed by atoms with van der Waals surface area (Å²) in [6.07, 6.45) is 3.96. The highest BCUT2D eigenvalue weighted by molar-refractivity contribution is 7.92. The first-order valence-corrected chi connectivity index (χ1v) is 10.0. The van der Waals surface area contributed by atoms with E-state index in [1.807, 2.05) is 30.3 Å². The van der Waals surface area contributed by atoms with Gasteiger partial charge in [-0.05, 0) is 21.5 Å². The summed E-state index contributed by atoms with van der Waals surface area (Å²) in [5.74, 6) is -0.571. The van der Waals surface area contributed by atoms with Gasteiger partial charge in [-0.25, -0.2) is 8.42 Å². The third kappa shape index (κ3) is 4.81. The Balaban J connectivity index is 1.55. The van der Waals surface area contributed by atoms with E-state index in [2.05, 4.69) is 4.98 Å². The number of hydrogen-bond donors (Lipinski definition) is 0. The summed E-state index contributed by atoms with van der Waals surface area (Å²) in [6, 6.07) is 9.12. The molecule has 2 heterocycles. The lowest BCUT2D eigenvalue weighted by Gasteiger charge is -2.33. The van der Waals surface area contributed by atoms with Crippen molar-refractivity contribution in [2.75, 3.05) is 26.2 Å². The molecule has 1 aliphatic rings. The zero-order valence-electron chi connectivity index (χ0n) is 14.9. The average molecular weight is 405 g/mol. The average Bonchev–Trinajstić information content (AvgIpc) is 3.16. The van der Waals surface area contributed by atoms with Gasteiger partial charge in [0.1, 0.15) is 12.7 Å². The van der Waals surface area contributed by atoms with Crippen molar-refractivity contribution in [3.63, 3.8) is 0 Å². The third-order valence-corrected chi connectivity index (χ3v) is 5.87. The van der Waals surface area contributed by atoms with E-state index in [9.17, 15) is 23.3 Å². The Hall–Kier alpha value is -3.05. The SMILES string of the molecule is O=C(Cn1cnc([N+](=O)[O-])c1)N1CCN(S(=O)(=O)/C=C/c2ccccc2)CC1.